The van der Waals surface area contributed by atoms with E-state index < -0.39 is 5.78 Å². The molecular weight excluding hydrogens is 264 g/mol. The van der Waals surface area contributed by atoms with Crippen molar-refractivity contribution >= 4 is 5.78 Å². The van der Waals surface area contributed by atoms with Crippen LogP contribution < -0.4 is 9.47 Å². The molecule has 0 amide bonds. The maximum atomic E-state index is 12.0. The summed E-state index contributed by atoms with van der Waals surface area (Å²) < 4.78 is 15.5. The van der Waals surface area contributed by atoms with Gasteiger partial charge in [-0.3, -0.25) is 4.79 Å². The molecule has 0 aliphatic heterocycles. The number of carbonyl (C=O) groups is 1. The smallest absolute Gasteiger partial charge is 0.201 e. The van der Waals surface area contributed by atoms with E-state index in [1.165, 1.54) is 6.07 Å². The van der Waals surface area contributed by atoms with Crippen LogP contribution >= 0.6 is 0 Å². The molecule has 1 aromatic carbocycles. The summed E-state index contributed by atoms with van der Waals surface area (Å²) in [4.78, 5) is 12.0. The monoisotopic (exact) mass is 284 g/mol. The van der Waals surface area contributed by atoms with Gasteiger partial charge in [0.15, 0.2) is 17.3 Å². The Labute approximate surface area is 117 Å². The number of hydrogen-bond acceptors (Lipinski definition) is 6. The van der Waals surface area contributed by atoms with E-state index in [4.69, 9.17) is 14.2 Å². The second-order valence-corrected chi connectivity index (χ2v) is 3.87. The minimum Gasteiger partial charge on any atom is -0.507 e. The minimum absolute atomic E-state index is 0.0707. The first-order valence-electron chi connectivity index (χ1n) is 6.52. The van der Waals surface area contributed by atoms with Gasteiger partial charge in [0.05, 0.1) is 13.2 Å². The molecule has 0 aliphatic carbocycles. The van der Waals surface area contributed by atoms with Crippen LogP contribution in [0, 0.1) is 0 Å². The van der Waals surface area contributed by atoms with E-state index in [9.17, 15) is 15.0 Å². The third kappa shape index (κ3) is 3.54. The van der Waals surface area contributed by atoms with Gasteiger partial charge < -0.3 is 24.4 Å². The van der Waals surface area contributed by atoms with Crippen LogP contribution in [0.5, 0.6) is 23.0 Å². The van der Waals surface area contributed by atoms with Crippen molar-refractivity contribution < 1.29 is 29.2 Å². The molecule has 20 heavy (non-hydrogen) atoms. The summed E-state index contributed by atoms with van der Waals surface area (Å²) in [6, 6.07) is 1.19. The van der Waals surface area contributed by atoms with E-state index >= 15 is 0 Å². The van der Waals surface area contributed by atoms with Gasteiger partial charge in [-0.1, -0.05) is 0 Å². The average Bonchev–Trinajstić information content (AvgIpc) is 2.42. The highest BCUT2D eigenvalue weighted by Gasteiger charge is 2.24. The molecule has 0 fully saturated rings. The molecular formula is C14H20O6. The largest absolute Gasteiger partial charge is 0.507 e. The van der Waals surface area contributed by atoms with Crippen molar-refractivity contribution in [3.05, 3.63) is 11.6 Å². The van der Waals surface area contributed by atoms with Crippen LogP contribution in [0.3, 0.4) is 0 Å². The lowest BCUT2D eigenvalue weighted by Gasteiger charge is -2.16. The van der Waals surface area contributed by atoms with Gasteiger partial charge >= 0.3 is 0 Å². The summed E-state index contributed by atoms with van der Waals surface area (Å²) in [5, 5.41) is 20.0. The Bertz CT molecular complexity index is 469. The second-order valence-electron chi connectivity index (χ2n) is 3.87. The molecule has 0 saturated carbocycles. The zero-order valence-electron chi connectivity index (χ0n) is 11.9. The summed E-state index contributed by atoms with van der Waals surface area (Å²) in [6.45, 7) is 5.93. The van der Waals surface area contributed by atoms with Gasteiger partial charge in [-0.25, -0.2) is 0 Å². The summed E-state index contributed by atoms with van der Waals surface area (Å²) in [5.74, 6) is -1.08. The van der Waals surface area contributed by atoms with Gasteiger partial charge in [-0.05, 0) is 20.8 Å². The molecule has 0 radical (unpaired) electrons. The Kier molecular flexibility index (Phi) is 6.11. The second kappa shape index (κ2) is 7.59. The molecule has 0 aliphatic rings. The molecule has 0 bridgehead atoms. The van der Waals surface area contributed by atoms with Crippen LogP contribution in [-0.4, -0.2) is 42.4 Å². The van der Waals surface area contributed by atoms with E-state index in [1.807, 2.05) is 0 Å². The van der Waals surface area contributed by atoms with Crippen molar-refractivity contribution in [2.45, 2.75) is 20.8 Å². The number of ketones is 1. The number of aromatic hydroxyl groups is 2. The number of ether oxygens (including phenoxy) is 3. The molecule has 0 unspecified atom stereocenters. The normalized spacial score (nSPS) is 10.3. The average molecular weight is 284 g/mol. The molecule has 2 N–H and O–H groups in total. The molecule has 112 valence electrons. The fourth-order valence-electron chi connectivity index (χ4n) is 1.70. The molecule has 0 aromatic heterocycles. The molecule has 1 aromatic rings. The lowest BCUT2D eigenvalue weighted by molar-refractivity contribution is 0.0776. The van der Waals surface area contributed by atoms with Crippen molar-refractivity contribution in [1.82, 2.24) is 0 Å². The summed E-state index contributed by atoms with van der Waals surface area (Å²) in [5.41, 5.74) is -0.0961. The van der Waals surface area contributed by atoms with Crippen LogP contribution in [0.15, 0.2) is 6.07 Å². The minimum atomic E-state index is -0.467. The predicted molar refractivity (Wildman–Crippen MR) is 72.9 cm³/mol. The number of Topliss-reactive ketones (excluding diaryl/α,β-unsaturated/α-hetero) is 1. The van der Waals surface area contributed by atoms with Gasteiger partial charge in [-0.15, -0.1) is 0 Å². The number of phenolic OH excluding ortho intramolecular Hbond substituents is 2. The van der Waals surface area contributed by atoms with Gasteiger partial charge in [0.1, 0.15) is 17.9 Å². The first-order chi connectivity index (χ1) is 9.56. The molecule has 0 heterocycles. The highest BCUT2D eigenvalue weighted by atomic mass is 16.5. The van der Waals surface area contributed by atoms with Crippen LogP contribution in [0.1, 0.15) is 31.1 Å². The van der Waals surface area contributed by atoms with E-state index in [0.29, 0.717) is 13.2 Å². The van der Waals surface area contributed by atoms with E-state index in [1.54, 1.807) is 20.8 Å². The molecule has 1 rings (SSSR count). The van der Waals surface area contributed by atoms with Crippen LogP contribution in [0.25, 0.3) is 0 Å². The third-order valence-corrected chi connectivity index (χ3v) is 2.50. The summed E-state index contributed by atoms with van der Waals surface area (Å²) >= 11 is 0. The molecule has 6 heteroatoms. The van der Waals surface area contributed by atoms with E-state index in [2.05, 4.69) is 0 Å². The maximum absolute atomic E-state index is 12.0. The van der Waals surface area contributed by atoms with E-state index in [-0.39, 0.29) is 41.8 Å². The highest BCUT2D eigenvalue weighted by molar-refractivity contribution is 6.03. The zero-order chi connectivity index (χ0) is 15.1. The number of phenols is 2. The van der Waals surface area contributed by atoms with Gasteiger partial charge in [0, 0.05) is 12.7 Å². The summed E-state index contributed by atoms with van der Waals surface area (Å²) in [7, 11) is 0. The lowest BCUT2D eigenvalue weighted by Crippen LogP contribution is -2.12. The van der Waals surface area contributed by atoms with Crippen molar-refractivity contribution in [3.8, 4) is 23.0 Å². The topological polar surface area (TPSA) is 85.2 Å². The van der Waals surface area contributed by atoms with Crippen LogP contribution in [-0.2, 0) is 4.74 Å². The Morgan fingerprint density at radius 3 is 2.30 bits per heavy atom. The van der Waals surface area contributed by atoms with Crippen LogP contribution in [0.4, 0.5) is 0 Å². The Balaban J connectivity index is 3.27. The van der Waals surface area contributed by atoms with Crippen LogP contribution in [0.2, 0.25) is 0 Å². The molecule has 0 saturated heterocycles. The van der Waals surface area contributed by atoms with Crippen molar-refractivity contribution in [2.75, 3.05) is 26.4 Å². The first kappa shape index (κ1) is 16.1. The molecule has 6 nitrogen and oxygen atoms in total. The highest BCUT2D eigenvalue weighted by Crippen LogP contribution is 2.44. The quantitative estimate of drug-likeness (QED) is 0.562. The standard InChI is InChI=1S/C14H20O6/c1-4-18-8-10(16)12-9(15)7-11(19-5-2)13(17)14(12)20-6-3/h7,15,17H,4-6,8H2,1-3H3. The van der Waals surface area contributed by atoms with Gasteiger partial charge in [0.2, 0.25) is 5.75 Å². The fourth-order valence-corrected chi connectivity index (χ4v) is 1.70. The Morgan fingerprint density at radius 1 is 1.10 bits per heavy atom. The molecule has 0 atom stereocenters. The number of benzene rings is 1. The number of carbonyl (C=O) groups excluding carboxylic acids is 1. The molecule has 0 spiro atoms. The lowest BCUT2D eigenvalue weighted by atomic mass is 10.1. The number of hydrogen-bond donors (Lipinski definition) is 2. The predicted octanol–water partition coefficient (Wildman–Crippen LogP) is 2.11. The van der Waals surface area contributed by atoms with E-state index in [0.717, 1.165) is 0 Å². The first-order valence-corrected chi connectivity index (χ1v) is 6.52. The summed E-state index contributed by atoms with van der Waals surface area (Å²) in [6.07, 6.45) is 0. The maximum Gasteiger partial charge on any atom is 0.201 e. The van der Waals surface area contributed by atoms with Crippen molar-refractivity contribution in [1.29, 1.82) is 0 Å². The third-order valence-electron chi connectivity index (χ3n) is 2.50. The zero-order valence-corrected chi connectivity index (χ0v) is 11.9. The van der Waals surface area contributed by atoms with Gasteiger partial charge in [-0.2, -0.15) is 0 Å². The number of rotatable bonds is 8. The Morgan fingerprint density at radius 2 is 1.75 bits per heavy atom. The van der Waals surface area contributed by atoms with Gasteiger partial charge in [0.25, 0.3) is 0 Å². The van der Waals surface area contributed by atoms with Crippen molar-refractivity contribution in [2.24, 2.45) is 0 Å². The Hall–Kier alpha value is -1.95. The van der Waals surface area contributed by atoms with Crippen molar-refractivity contribution in [3.63, 3.8) is 0 Å². The fraction of sp³-hybridized carbons (Fsp3) is 0.500. The SMILES string of the molecule is CCOCC(=O)c1c(O)cc(OCC)c(O)c1OCC.